The third kappa shape index (κ3) is 2.12. The summed E-state index contributed by atoms with van der Waals surface area (Å²) in [5, 5.41) is 10.6. The number of ether oxygens (including phenoxy) is 1. The van der Waals surface area contributed by atoms with Gasteiger partial charge in [0.05, 0.1) is 12.2 Å². The number of nitrogens with two attached hydrogens (primary N) is 1. The van der Waals surface area contributed by atoms with Crippen molar-refractivity contribution in [3.63, 3.8) is 0 Å². The summed E-state index contributed by atoms with van der Waals surface area (Å²) >= 11 is 1.68. The van der Waals surface area contributed by atoms with Gasteiger partial charge in [-0.1, -0.05) is 6.92 Å². The SMILES string of the molecule is CC1OC(C)C(c2nnc(CCN)s2)C1C. The van der Waals surface area contributed by atoms with E-state index >= 15 is 0 Å². The van der Waals surface area contributed by atoms with E-state index in [0.29, 0.717) is 24.5 Å². The summed E-state index contributed by atoms with van der Waals surface area (Å²) in [5.74, 6) is 0.896. The van der Waals surface area contributed by atoms with Gasteiger partial charge in [0.15, 0.2) is 0 Å². The molecule has 1 saturated heterocycles. The molecular formula is C11H19N3OS. The van der Waals surface area contributed by atoms with E-state index in [4.69, 9.17) is 10.5 Å². The second kappa shape index (κ2) is 4.77. The van der Waals surface area contributed by atoms with Gasteiger partial charge < -0.3 is 10.5 Å². The van der Waals surface area contributed by atoms with Gasteiger partial charge in [-0.15, -0.1) is 21.5 Å². The monoisotopic (exact) mass is 241 g/mol. The lowest BCUT2D eigenvalue weighted by molar-refractivity contribution is 0.0556. The largest absolute Gasteiger partial charge is 0.375 e. The van der Waals surface area contributed by atoms with E-state index in [9.17, 15) is 0 Å². The Morgan fingerprint density at radius 2 is 2.00 bits per heavy atom. The molecule has 1 fully saturated rings. The van der Waals surface area contributed by atoms with Crippen LogP contribution in [-0.2, 0) is 11.2 Å². The van der Waals surface area contributed by atoms with E-state index in [2.05, 4.69) is 31.0 Å². The van der Waals surface area contributed by atoms with E-state index in [-0.39, 0.29) is 6.10 Å². The Bertz CT molecular complexity index is 355. The van der Waals surface area contributed by atoms with Gasteiger partial charge in [0.1, 0.15) is 10.0 Å². The Hall–Kier alpha value is -0.520. The molecule has 4 nitrogen and oxygen atoms in total. The summed E-state index contributed by atoms with van der Waals surface area (Å²) in [5.41, 5.74) is 5.51. The van der Waals surface area contributed by atoms with Crippen molar-refractivity contribution in [1.29, 1.82) is 0 Å². The molecule has 2 rings (SSSR count). The summed E-state index contributed by atoms with van der Waals surface area (Å²) in [6, 6.07) is 0. The van der Waals surface area contributed by atoms with Gasteiger partial charge in [-0.3, -0.25) is 0 Å². The molecule has 0 aliphatic carbocycles. The molecule has 16 heavy (non-hydrogen) atoms. The zero-order chi connectivity index (χ0) is 11.7. The van der Waals surface area contributed by atoms with Gasteiger partial charge in [-0.2, -0.15) is 0 Å². The third-order valence-corrected chi connectivity index (χ3v) is 4.45. The first-order valence-electron chi connectivity index (χ1n) is 5.81. The van der Waals surface area contributed by atoms with Crippen molar-refractivity contribution in [2.45, 2.75) is 45.3 Å². The van der Waals surface area contributed by atoms with Crippen LogP contribution in [0, 0.1) is 5.92 Å². The number of hydrogen-bond donors (Lipinski definition) is 1. The molecule has 0 bridgehead atoms. The predicted octanol–water partition coefficient (Wildman–Crippen LogP) is 1.57. The molecule has 1 aromatic rings. The predicted molar refractivity (Wildman–Crippen MR) is 64.6 cm³/mol. The molecule has 5 heteroatoms. The van der Waals surface area contributed by atoms with Gasteiger partial charge in [0.25, 0.3) is 0 Å². The maximum atomic E-state index is 5.82. The minimum Gasteiger partial charge on any atom is -0.375 e. The molecule has 0 spiro atoms. The molecule has 1 aliphatic heterocycles. The number of rotatable bonds is 3. The van der Waals surface area contributed by atoms with Gasteiger partial charge >= 0.3 is 0 Å². The van der Waals surface area contributed by atoms with E-state index in [0.717, 1.165) is 16.4 Å². The molecule has 0 saturated carbocycles. The summed E-state index contributed by atoms with van der Waals surface area (Å²) in [6.45, 7) is 7.11. The van der Waals surface area contributed by atoms with Crippen LogP contribution in [0.1, 0.15) is 36.7 Å². The van der Waals surface area contributed by atoms with Gasteiger partial charge in [0, 0.05) is 12.3 Å². The van der Waals surface area contributed by atoms with Crippen LogP contribution in [0.4, 0.5) is 0 Å². The second-order valence-corrected chi connectivity index (χ2v) is 5.60. The van der Waals surface area contributed by atoms with E-state index in [1.54, 1.807) is 11.3 Å². The molecule has 0 radical (unpaired) electrons. The van der Waals surface area contributed by atoms with E-state index in [1.165, 1.54) is 0 Å². The zero-order valence-electron chi connectivity index (χ0n) is 10.0. The smallest absolute Gasteiger partial charge is 0.123 e. The van der Waals surface area contributed by atoms with Crippen LogP contribution < -0.4 is 5.73 Å². The Morgan fingerprint density at radius 3 is 2.56 bits per heavy atom. The average molecular weight is 241 g/mol. The first kappa shape index (κ1) is 12.0. The lowest BCUT2D eigenvalue weighted by atomic mass is 9.90. The van der Waals surface area contributed by atoms with Crippen molar-refractivity contribution < 1.29 is 4.74 Å². The maximum Gasteiger partial charge on any atom is 0.123 e. The van der Waals surface area contributed by atoms with E-state index < -0.39 is 0 Å². The molecule has 0 amide bonds. The van der Waals surface area contributed by atoms with Crippen molar-refractivity contribution in [3.8, 4) is 0 Å². The lowest BCUT2D eigenvalue weighted by Crippen LogP contribution is -2.14. The standard InChI is InChI=1S/C11H19N3OS/c1-6-7(2)15-8(3)10(6)11-14-13-9(16-11)4-5-12/h6-8,10H,4-5,12H2,1-3H3. The van der Waals surface area contributed by atoms with E-state index in [1.807, 2.05) is 0 Å². The van der Waals surface area contributed by atoms with Crippen LogP contribution in [0.2, 0.25) is 0 Å². The molecule has 0 aromatic carbocycles. The van der Waals surface area contributed by atoms with Gasteiger partial charge in [0.2, 0.25) is 0 Å². The van der Waals surface area contributed by atoms with Crippen molar-refractivity contribution in [2.24, 2.45) is 11.7 Å². The fourth-order valence-corrected chi connectivity index (χ4v) is 3.49. The normalized spacial score (nSPS) is 34.5. The van der Waals surface area contributed by atoms with Crippen LogP contribution in [0.15, 0.2) is 0 Å². The molecule has 1 aromatic heterocycles. The van der Waals surface area contributed by atoms with Crippen LogP contribution in [0.3, 0.4) is 0 Å². The highest BCUT2D eigenvalue weighted by Gasteiger charge is 2.39. The highest BCUT2D eigenvalue weighted by Crippen LogP contribution is 2.40. The Balaban J connectivity index is 2.16. The molecule has 1 aliphatic rings. The molecular weight excluding hydrogens is 222 g/mol. The average Bonchev–Trinajstić information content (AvgIpc) is 2.75. The van der Waals surface area contributed by atoms with Gasteiger partial charge in [-0.25, -0.2) is 0 Å². The summed E-state index contributed by atoms with van der Waals surface area (Å²) in [4.78, 5) is 0. The van der Waals surface area contributed by atoms with Crippen LogP contribution in [0.25, 0.3) is 0 Å². The first-order valence-corrected chi connectivity index (χ1v) is 6.63. The Labute approximate surface area is 100 Å². The molecule has 4 atom stereocenters. The Morgan fingerprint density at radius 1 is 1.25 bits per heavy atom. The van der Waals surface area contributed by atoms with Crippen LogP contribution in [0.5, 0.6) is 0 Å². The second-order valence-electron chi connectivity index (χ2n) is 4.50. The highest BCUT2D eigenvalue weighted by molar-refractivity contribution is 7.11. The highest BCUT2D eigenvalue weighted by atomic mass is 32.1. The van der Waals surface area contributed by atoms with Gasteiger partial charge in [-0.05, 0) is 26.3 Å². The minimum absolute atomic E-state index is 0.240. The number of nitrogens with zero attached hydrogens (tertiary/aromatic N) is 2. The van der Waals surface area contributed by atoms with Crippen molar-refractivity contribution in [2.75, 3.05) is 6.54 Å². The molecule has 2 N–H and O–H groups in total. The fraction of sp³-hybridized carbons (Fsp3) is 0.818. The minimum atomic E-state index is 0.240. The molecule has 90 valence electrons. The van der Waals surface area contributed by atoms with Crippen molar-refractivity contribution >= 4 is 11.3 Å². The third-order valence-electron chi connectivity index (χ3n) is 3.37. The van der Waals surface area contributed by atoms with Crippen LogP contribution >= 0.6 is 11.3 Å². The van der Waals surface area contributed by atoms with Crippen molar-refractivity contribution in [1.82, 2.24) is 10.2 Å². The van der Waals surface area contributed by atoms with Crippen LogP contribution in [-0.4, -0.2) is 29.0 Å². The molecule has 2 heterocycles. The summed E-state index contributed by atoms with van der Waals surface area (Å²) < 4.78 is 5.82. The number of hydrogen-bond acceptors (Lipinski definition) is 5. The zero-order valence-corrected chi connectivity index (χ0v) is 10.8. The maximum absolute atomic E-state index is 5.82. The van der Waals surface area contributed by atoms with Crippen molar-refractivity contribution in [3.05, 3.63) is 10.0 Å². The quantitative estimate of drug-likeness (QED) is 0.872. The molecule has 4 unspecified atom stereocenters. The topological polar surface area (TPSA) is 61.0 Å². The fourth-order valence-electron chi connectivity index (χ4n) is 2.32. The Kier molecular flexibility index (Phi) is 3.56. The first-order chi connectivity index (χ1) is 7.63. The summed E-state index contributed by atoms with van der Waals surface area (Å²) in [7, 11) is 0. The summed E-state index contributed by atoms with van der Waals surface area (Å²) in [6.07, 6.45) is 1.37. The lowest BCUT2D eigenvalue weighted by Gasteiger charge is -2.14. The number of aromatic nitrogens is 2.